The van der Waals surface area contributed by atoms with Crippen molar-refractivity contribution < 1.29 is 27.1 Å². The molecule has 2 amide bonds. The number of benzene rings is 2. The molecule has 0 aromatic heterocycles. The van der Waals surface area contributed by atoms with E-state index in [0.717, 1.165) is 16.4 Å². The number of carbonyl (C=O) groups is 2. The van der Waals surface area contributed by atoms with Gasteiger partial charge in [-0.2, -0.15) is 4.31 Å². The molecule has 172 valence electrons. The molecule has 0 bridgehead atoms. The first kappa shape index (κ1) is 24.1. The summed E-state index contributed by atoms with van der Waals surface area (Å²) in [5.74, 6) is -2.35. The second-order valence-electron chi connectivity index (χ2n) is 7.19. The van der Waals surface area contributed by atoms with Crippen molar-refractivity contribution in [2.75, 3.05) is 19.7 Å². The van der Waals surface area contributed by atoms with Crippen LogP contribution in [0.1, 0.15) is 17.5 Å². The SMILES string of the molecule is Cc1cc(F)ccc1S(=O)(=O)N1CCCOC1CNC(=O)C(=O)NCc1ccccc1Cl. The summed E-state index contributed by atoms with van der Waals surface area (Å²) >= 11 is 6.03. The van der Waals surface area contributed by atoms with E-state index < -0.39 is 33.9 Å². The number of halogens is 2. The molecular formula is C21H23ClFN3O5S. The average molecular weight is 484 g/mol. The number of rotatable bonds is 6. The molecule has 2 N–H and O–H groups in total. The van der Waals surface area contributed by atoms with Crippen LogP contribution in [-0.2, 0) is 30.9 Å². The Labute approximate surface area is 190 Å². The van der Waals surface area contributed by atoms with Crippen molar-refractivity contribution >= 4 is 33.4 Å². The molecule has 1 atom stereocenters. The van der Waals surface area contributed by atoms with E-state index in [4.69, 9.17) is 16.3 Å². The lowest BCUT2D eigenvalue weighted by atomic mass is 10.2. The van der Waals surface area contributed by atoms with Crippen LogP contribution < -0.4 is 10.6 Å². The lowest BCUT2D eigenvalue weighted by Gasteiger charge is -2.34. The number of aryl methyl sites for hydroxylation is 1. The summed E-state index contributed by atoms with van der Waals surface area (Å²) in [6.45, 7) is 1.81. The van der Waals surface area contributed by atoms with Gasteiger partial charge in [-0.1, -0.05) is 29.8 Å². The monoisotopic (exact) mass is 483 g/mol. The summed E-state index contributed by atoms with van der Waals surface area (Å²) in [6.07, 6.45) is -0.541. The fourth-order valence-corrected chi connectivity index (χ4v) is 5.26. The third-order valence-electron chi connectivity index (χ3n) is 4.92. The lowest BCUT2D eigenvalue weighted by molar-refractivity contribution is -0.140. The maximum atomic E-state index is 13.4. The molecule has 1 fully saturated rings. The van der Waals surface area contributed by atoms with Crippen molar-refractivity contribution in [2.24, 2.45) is 0 Å². The molecule has 3 rings (SSSR count). The van der Waals surface area contributed by atoms with Crippen LogP contribution in [0.15, 0.2) is 47.4 Å². The normalized spacial score (nSPS) is 17.0. The third-order valence-corrected chi connectivity index (χ3v) is 7.34. The zero-order valence-electron chi connectivity index (χ0n) is 17.3. The van der Waals surface area contributed by atoms with Crippen molar-refractivity contribution in [1.82, 2.24) is 14.9 Å². The minimum absolute atomic E-state index is 0.0433. The molecule has 1 heterocycles. The Kier molecular flexibility index (Phi) is 7.83. The first-order valence-electron chi connectivity index (χ1n) is 9.89. The molecule has 0 radical (unpaired) electrons. The number of sulfonamides is 1. The fourth-order valence-electron chi connectivity index (χ4n) is 3.29. The Morgan fingerprint density at radius 3 is 2.62 bits per heavy atom. The molecule has 8 nitrogen and oxygen atoms in total. The number of amides is 2. The van der Waals surface area contributed by atoms with Gasteiger partial charge in [-0.15, -0.1) is 0 Å². The van der Waals surface area contributed by atoms with Crippen molar-refractivity contribution in [1.29, 1.82) is 0 Å². The van der Waals surface area contributed by atoms with Gasteiger partial charge in [-0.3, -0.25) is 9.59 Å². The highest BCUT2D eigenvalue weighted by Crippen LogP contribution is 2.25. The van der Waals surface area contributed by atoms with Gasteiger partial charge in [0.2, 0.25) is 10.0 Å². The average Bonchev–Trinajstić information content (AvgIpc) is 2.76. The van der Waals surface area contributed by atoms with E-state index >= 15 is 0 Å². The molecular weight excluding hydrogens is 461 g/mol. The van der Waals surface area contributed by atoms with Crippen molar-refractivity contribution in [3.05, 3.63) is 64.4 Å². The summed E-state index contributed by atoms with van der Waals surface area (Å²) in [4.78, 5) is 24.2. The van der Waals surface area contributed by atoms with Crippen LogP contribution in [0.2, 0.25) is 5.02 Å². The number of hydrogen-bond donors (Lipinski definition) is 2. The highest BCUT2D eigenvalue weighted by atomic mass is 35.5. The van der Waals surface area contributed by atoms with Gasteiger partial charge in [0, 0.05) is 18.1 Å². The van der Waals surface area contributed by atoms with Gasteiger partial charge in [0.15, 0.2) is 0 Å². The van der Waals surface area contributed by atoms with E-state index in [9.17, 15) is 22.4 Å². The summed E-state index contributed by atoms with van der Waals surface area (Å²) < 4.78 is 46.3. The number of hydrogen-bond acceptors (Lipinski definition) is 5. The quantitative estimate of drug-likeness (QED) is 0.611. The predicted octanol–water partition coefficient (Wildman–Crippen LogP) is 1.96. The van der Waals surface area contributed by atoms with Gasteiger partial charge >= 0.3 is 11.8 Å². The minimum atomic E-state index is -4.00. The Morgan fingerprint density at radius 1 is 1.19 bits per heavy atom. The van der Waals surface area contributed by atoms with Gasteiger partial charge in [-0.05, 0) is 48.7 Å². The van der Waals surface area contributed by atoms with E-state index in [0.29, 0.717) is 23.6 Å². The zero-order valence-corrected chi connectivity index (χ0v) is 18.9. The smallest absolute Gasteiger partial charge is 0.309 e. The maximum Gasteiger partial charge on any atom is 0.309 e. The third kappa shape index (κ3) is 5.63. The van der Waals surface area contributed by atoms with Gasteiger partial charge in [0.05, 0.1) is 18.0 Å². The first-order chi connectivity index (χ1) is 15.2. The van der Waals surface area contributed by atoms with Gasteiger partial charge in [-0.25, -0.2) is 12.8 Å². The summed E-state index contributed by atoms with van der Waals surface area (Å²) in [6, 6.07) is 10.3. The molecule has 2 aromatic carbocycles. The predicted molar refractivity (Wildman–Crippen MR) is 116 cm³/mol. The van der Waals surface area contributed by atoms with E-state index in [2.05, 4.69) is 10.6 Å². The fraction of sp³-hybridized carbons (Fsp3) is 0.333. The molecule has 0 saturated carbocycles. The molecule has 0 aliphatic carbocycles. The van der Waals surface area contributed by atoms with E-state index in [-0.39, 0.29) is 30.1 Å². The Hall–Kier alpha value is -2.53. The van der Waals surface area contributed by atoms with Crippen LogP contribution in [0.4, 0.5) is 4.39 Å². The molecule has 32 heavy (non-hydrogen) atoms. The topological polar surface area (TPSA) is 105 Å². The van der Waals surface area contributed by atoms with Crippen LogP contribution in [0, 0.1) is 12.7 Å². The minimum Gasteiger partial charge on any atom is -0.360 e. The summed E-state index contributed by atoms with van der Waals surface area (Å²) in [5.41, 5.74) is 0.912. The van der Waals surface area contributed by atoms with Crippen LogP contribution >= 0.6 is 11.6 Å². The van der Waals surface area contributed by atoms with E-state index in [1.807, 2.05) is 0 Å². The highest BCUT2D eigenvalue weighted by Gasteiger charge is 2.35. The Morgan fingerprint density at radius 2 is 1.91 bits per heavy atom. The van der Waals surface area contributed by atoms with Gasteiger partial charge in [0.1, 0.15) is 12.0 Å². The molecule has 1 saturated heterocycles. The van der Waals surface area contributed by atoms with Crippen molar-refractivity contribution in [2.45, 2.75) is 31.0 Å². The van der Waals surface area contributed by atoms with Crippen LogP contribution in [0.3, 0.4) is 0 Å². The lowest BCUT2D eigenvalue weighted by Crippen LogP contribution is -2.53. The highest BCUT2D eigenvalue weighted by molar-refractivity contribution is 7.89. The second kappa shape index (κ2) is 10.4. The van der Waals surface area contributed by atoms with Crippen molar-refractivity contribution in [3.63, 3.8) is 0 Å². The molecule has 0 spiro atoms. The molecule has 1 aliphatic rings. The number of nitrogens with one attached hydrogen (secondary N) is 2. The van der Waals surface area contributed by atoms with Crippen LogP contribution in [-0.4, -0.2) is 50.5 Å². The van der Waals surface area contributed by atoms with E-state index in [1.165, 1.54) is 13.0 Å². The molecule has 1 unspecified atom stereocenters. The number of nitrogens with zero attached hydrogens (tertiary/aromatic N) is 1. The largest absolute Gasteiger partial charge is 0.360 e. The zero-order chi connectivity index (χ0) is 23.3. The van der Waals surface area contributed by atoms with Gasteiger partial charge in [0.25, 0.3) is 0 Å². The maximum absolute atomic E-state index is 13.4. The van der Waals surface area contributed by atoms with Crippen LogP contribution in [0.25, 0.3) is 0 Å². The summed E-state index contributed by atoms with van der Waals surface area (Å²) in [7, 11) is -4.00. The Balaban J connectivity index is 1.63. The first-order valence-corrected chi connectivity index (χ1v) is 11.7. The van der Waals surface area contributed by atoms with Gasteiger partial charge < -0.3 is 15.4 Å². The number of ether oxygens (including phenoxy) is 1. The molecule has 11 heteroatoms. The molecule has 2 aromatic rings. The second-order valence-corrected chi connectivity index (χ2v) is 9.45. The molecule has 1 aliphatic heterocycles. The summed E-state index contributed by atoms with van der Waals surface area (Å²) in [5, 5.41) is 5.33. The van der Waals surface area contributed by atoms with Crippen LogP contribution in [0.5, 0.6) is 0 Å². The van der Waals surface area contributed by atoms with Crippen molar-refractivity contribution in [3.8, 4) is 0 Å². The Bertz CT molecular complexity index is 1110. The number of carbonyl (C=O) groups excluding carboxylic acids is 2. The standard InChI is InChI=1S/C21H23ClFN3O5S/c1-14-11-16(23)7-8-18(14)32(29,30)26-9-4-10-31-19(26)13-25-21(28)20(27)24-12-15-5-2-3-6-17(15)22/h2-3,5-8,11,19H,4,9-10,12-13H2,1H3,(H,24,27)(H,25,28). The van der Waals surface area contributed by atoms with E-state index in [1.54, 1.807) is 24.3 Å².